The van der Waals surface area contributed by atoms with E-state index in [2.05, 4.69) is 4.74 Å². The fourth-order valence-corrected chi connectivity index (χ4v) is 1.78. The number of hydrogen-bond donors (Lipinski definition) is 0. The lowest BCUT2D eigenvalue weighted by atomic mass is 10.1. The van der Waals surface area contributed by atoms with Crippen LogP contribution in [0.25, 0.3) is 0 Å². The molecule has 0 atom stereocenters. The van der Waals surface area contributed by atoms with Crippen molar-refractivity contribution in [3.63, 3.8) is 0 Å². The van der Waals surface area contributed by atoms with Crippen molar-refractivity contribution in [2.24, 2.45) is 0 Å². The Morgan fingerprint density at radius 1 is 1.30 bits per heavy atom. The van der Waals surface area contributed by atoms with Crippen molar-refractivity contribution in [2.45, 2.75) is 13.8 Å². The molecule has 1 heterocycles. The van der Waals surface area contributed by atoms with Crippen LogP contribution < -0.4 is 0 Å². The number of esters is 1. The number of carbonyl (C=O) groups is 3. The van der Waals surface area contributed by atoms with Crippen molar-refractivity contribution < 1.29 is 23.9 Å². The summed E-state index contributed by atoms with van der Waals surface area (Å²) < 4.78 is 9.54. The van der Waals surface area contributed by atoms with Crippen molar-refractivity contribution in [1.29, 1.82) is 0 Å². The van der Waals surface area contributed by atoms with Crippen LogP contribution in [0.4, 0.5) is 4.79 Å². The van der Waals surface area contributed by atoms with Gasteiger partial charge in [0.25, 0.3) is 5.91 Å². The highest BCUT2D eigenvalue weighted by atomic mass is 16.6. The molecular formula is C14H15NO5. The predicted octanol–water partition coefficient (Wildman–Crippen LogP) is 1.44. The van der Waals surface area contributed by atoms with E-state index in [1.807, 2.05) is 19.9 Å². The molecule has 6 nitrogen and oxygen atoms in total. The standard InChI is InChI=1S/C14H15NO5/c1-9-3-4-11(7-10(9)2)13(17)20-8-12(16)15-5-6-19-14(15)18/h3-4,7H,5-6,8H2,1-2H3. The summed E-state index contributed by atoms with van der Waals surface area (Å²) in [6.45, 7) is 3.72. The first kappa shape index (κ1) is 14.0. The quantitative estimate of drug-likeness (QED) is 0.782. The Morgan fingerprint density at radius 3 is 2.65 bits per heavy atom. The maximum absolute atomic E-state index is 11.8. The molecule has 0 bridgehead atoms. The molecule has 0 radical (unpaired) electrons. The molecule has 0 saturated carbocycles. The van der Waals surface area contributed by atoms with Gasteiger partial charge < -0.3 is 9.47 Å². The second-order valence-corrected chi connectivity index (χ2v) is 4.53. The van der Waals surface area contributed by atoms with Gasteiger partial charge in [-0.3, -0.25) is 4.79 Å². The summed E-state index contributed by atoms with van der Waals surface area (Å²) in [7, 11) is 0. The van der Waals surface area contributed by atoms with Gasteiger partial charge in [0.1, 0.15) is 6.61 Å². The number of ether oxygens (including phenoxy) is 2. The van der Waals surface area contributed by atoms with Gasteiger partial charge in [0.15, 0.2) is 6.61 Å². The molecule has 106 valence electrons. The Labute approximate surface area is 116 Å². The smallest absolute Gasteiger partial charge is 0.416 e. The molecule has 2 amide bonds. The van der Waals surface area contributed by atoms with Crippen LogP contribution in [0.2, 0.25) is 0 Å². The van der Waals surface area contributed by atoms with Crippen molar-refractivity contribution in [1.82, 2.24) is 4.90 Å². The van der Waals surface area contributed by atoms with Crippen molar-refractivity contribution >= 4 is 18.0 Å². The zero-order valence-corrected chi connectivity index (χ0v) is 11.3. The van der Waals surface area contributed by atoms with Gasteiger partial charge in [-0.1, -0.05) is 6.07 Å². The Kier molecular flexibility index (Phi) is 4.02. The van der Waals surface area contributed by atoms with E-state index in [-0.39, 0.29) is 13.2 Å². The monoisotopic (exact) mass is 277 g/mol. The van der Waals surface area contributed by atoms with Crippen LogP contribution in [0.3, 0.4) is 0 Å². The van der Waals surface area contributed by atoms with Crippen LogP contribution >= 0.6 is 0 Å². The average Bonchev–Trinajstić information content (AvgIpc) is 2.85. The van der Waals surface area contributed by atoms with E-state index in [4.69, 9.17) is 4.74 Å². The lowest BCUT2D eigenvalue weighted by Gasteiger charge is -2.11. The molecule has 6 heteroatoms. The van der Waals surface area contributed by atoms with Crippen molar-refractivity contribution in [3.8, 4) is 0 Å². The summed E-state index contributed by atoms with van der Waals surface area (Å²) in [6, 6.07) is 5.15. The molecule has 1 saturated heterocycles. The van der Waals surface area contributed by atoms with E-state index < -0.39 is 24.6 Å². The van der Waals surface area contributed by atoms with E-state index >= 15 is 0 Å². The summed E-state index contributed by atoms with van der Waals surface area (Å²) in [6.07, 6.45) is -0.697. The fraction of sp³-hybridized carbons (Fsp3) is 0.357. The van der Waals surface area contributed by atoms with Gasteiger partial charge in [0.2, 0.25) is 0 Å². The number of imide groups is 1. The first-order valence-corrected chi connectivity index (χ1v) is 6.20. The number of carbonyl (C=O) groups excluding carboxylic acids is 3. The number of aryl methyl sites for hydroxylation is 2. The predicted molar refractivity (Wildman–Crippen MR) is 69.3 cm³/mol. The Bertz CT molecular complexity index is 567. The van der Waals surface area contributed by atoms with E-state index in [0.29, 0.717) is 5.56 Å². The third-order valence-corrected chi connectivity index (χ3v) is 3.13. The molecule has 1 aliphatic rings. The Morgan fingerprint density at radius 2 is 2.05 bits per heavy atom. The third-order valence-electron chi connectivity index (χ3n) is 3.13. The molecule has 0 spiro atoms. The first-order chi connectivity index (χ1) is 9.49. The molecule has 0 N–H and O–H groups in total. The highest BCUT2D eigenvalue weighted by Gasteiger charge is 2.29. The average molecular weight is 277 g/mol. The number of hydrogen-bond acceptors (Lipinski definition) is 5. The SMILES string of the molecule is Cc1ccc(C(=O)OCC(=O)N2CCOC2=O)cc1C. The Balaban J connectivity index is 1.93. The maximum Gasteiger partial charge on any atom is 0.416 e. The number of rotatable bonds is 3. The number of nitrogens with zero attached hydrogens (tertiary/aromatic N) is 1. The number of cyclic esters (lactones) is 1. The van der Waals surface area contributed by atoms with Gasteiger partial charge in [-0.25, -0.2) is 14.5 Å². The molecular weight excluding hydrogens is 262 g/mol. The van der Waals surface area contributed by atoms with Gasteiger partial charge in [-0.2, -0.15) is 0 Å². The van der Waals surface area contributed by atoms with Gasteiger partial charge in [-0.05, 0) is 37.1 Å². The lowest BCUT2D eigenvalue weighted by Crippen LogP contribution is -2.35. The molecule has 1 aromatic carbocycles. The third kappa shape index (κ3) is 2.96. The summed E-state index contributed by atoms with van der Waals surface area (Å²) >= 11 is 0. The number of amides is 2. The molecule has 0 unspecified atom stereocenters. The lowest BCUT2D eigenvalue weighted by molar-refractivity contribution is -0.131. The van der Waals surface area contributed by atoms with Gasteiger partial charge in [0, 0.05) is 0 Å². The first-order valence-electron chi connectivity index (χ1n) is 6.20. The highest BCUT2D eigenvalue weighted by Crippen LogP contribution is 2.11. The molecule has 0 aliphatic carbocycles. The minimum atomic E-state index is -0.697. The van der Waals surface area contributed by atoms with Crippen molar-refractivity contribution in [2.75, 3.05) is 19.8 Å². The van der Waals surface area contributed by atoms with Crippen LogP contribution in [0, 0.1) is 13.8 Å². The van der Waals surface area contributed by atoms with Crippen molar-refractivity contribution in [3.05, 3.63) is 34.9 Å². The summed E-state index contributed by atoms with van der Waals surface area (Å²) in [5.74, 6) is -1.17. The van der Waals surface area contributed by atoms with Crippen LogP contribution in [0.15, 0.2) is 18.2 Å². The molecule has 1 aromatic rings. The zero-order valence-electron chi connectivity index (χ0n) is 11.3. The van der Waals surface area contributed by atoms with E-state index in [1.165, 1.54) is 0 Å². The maximum atomic E-state index is 11.8. The van der Waals surface area contributed by atoms with Gasteiger partial charge in [-0.15, -0.1) is 0 Å². The number of benzene rings is 1. The van der Waals surface area contributed by atoms with E-state index in [0.717, 1.165) is 16.0 Å². The topological polar surface area (TPSA) is 72.9 Å². The Hall–Kier alpha value is -2.37. The fourth-order valence-electron chi connectivity index (χ4n) is 1.78. The highest BCUT2D eigenvalue weighted by molar-refractivity contribution is 5.96. The molecule has 1 fully saturated rings. The molecule has 1 aliphatic heterocycles. The van der Waals surface area contributed by atoms with Crippen LogP contribution in [0.1, 0.15) is 21.5 Å². The van der Waals surface area contributed by atoms with E-state index in [9.17, 15) is 14.4 Å². The van der Waals surface area contributed by atoms with Crippen LogP contribution in [0.5, 0.6) is 0 Å². The van der Waals surface area contributed by atoms with Gasteiger partial charge in [0.05, 0.1) is 12.1 Å². The normalized spacial score (nSPS) is 14.1. The zero-order chi connectivity index (χ0) is 14.7. The van der Waals surface area contributed by atoms with Crippen LogP contribution in [-0.4, -0.2) is 42.6 Å². The molecule has 20 heavy (non-hydrogen) atoms. The minimum absolute atomic E-state index is 0.176. The van der Waals surface area contributed by atoms with Gasteiger partial charge >= 0.3 is 12.1 Å². The summed E-state index contributed by atoms with van der Waals surface area (Å²) in [5.41, 5.74) is 2.41. The van der Waals surface area contributed by atoms with Crippen LogP contribution in [-0.2, 0) is 14.3 Å². The van der Waals surface area contributed by atoms with E-state index in [1.54, 1.807) is 12.1 Å². The summed E-state index contributed by atoms with van der Waals surface area (Å²) in [5, 5.41) is 0. The molecule has 2 rings (SSSR count). The second-order valence-electron chi connectivity index (χ2n) is 4.53. The summed E-state index contributed by atoms with van der Waals surface area (Å²) in [4.78, 5) is 35.5. The second kappa shape index (κ2) is 5.73. The largest absolute Gasteiger partial charge is 0.452 e. The molecule has 0 aromatic heterocycles. The minimum Gasteiger partial charge on any atom is -0.452 e.